The van der Waals surface area contributed by atoms with E-state index in [9.17, 15) is 4.79 Å². The van der Waals surface area contributed by atoms with Gasteiger partial charge < -0.3 is 0 Å². The van der Waals surface area contributed by atoms with E-state index < -0.39 is 4.50 Å². The normalized spacial score (nSPS) is 23.9. The Bertz CT molecular complexity index is 427. The maximum atomic E-state index is 11.2. The fraction of sp³-hybridized carbons (Fsp3) is 0.250. The molecular weight excluding hydrogens is 271 g/mol. The first-order chi connectivity index (χ1) is 7.64. The van der Waals surface area contributed by atoms with E-state index >= 15 is 0 Å². The Morgan fingerprint density at radius 2 is 2.00 bits per heavy atom. The van der Waals surface area contributed by atoms with Crippen LogP contribution < -0.4 is 4.46 Å². The van der Waals surface area contributed by atoms with Crippen LogP contribution in [-0.2, 0) is 14.3 Å². The van der Waals surface area contributed by atoms with Crippen molar-refractivity contribution in [1.82, 2.24) is 0 Å². The summed E-state index contributed by atoms with van der Waals surface area (Å²) in [6.07, 6.45) is 1.42. The van der Waals surface area contributed by atoms with Crippen LogP contribution in [0.15, 0.2) is 42.2 Å². The van der Waals surface area contributed by atoms with Gasteiger partial charge in [0.1, 0.15) is 0 Å². The van der Waals surface area contributed by atoms with Crippen molar-refractivity contribution in [2.75, 3.05) is 7.11 Å². The summed E-state index contributed by atoms with van der Waals surface area (Å²) in [5.74, 6) is 0.290. The number of rotatable bonds is 3. The van der Waals surface area contributed by atoms with Crippen LogP contribution in [0.2, 0.25) is 0 Å². The topological polar surface area (TPSA) is 35.5 Å². The number of cyclic esters (lactones) is 1. The van der Waals surface area contributed by atoms with Crippen LogP contribution in [-0.4, -0.2) is 32.5 Å². The van der Waals surface area contributed by atoms with E-state index in [1.165, 1.54) is 10.5 Å². The molecule has 1 unspecified atom stereocenters. The first-order valence-corrected chi connectivity index (χ1v) is 6.58. The Morgan fingerprint density at radius 3 is 2.62 bits per heavy atom. The molecule has 0 saturated heterocycles. The molecule has 1 aliphatic heterocycles. The van der Waals surface area contributed by atoms with Gasteiger partial charge in [-0.3, -0.25) is 0 Å². The average Bonchev–Trinajstić information content (AvgIpc) is 2.54. The van der Waals surface area contributed by atoms with Gasteiger partial charge in [-0.2, -0.15) is 0 Å². The molecule has 16 heavy (non-hydrogen) atoms. The number of hydrogen-bond acceptors (Lipinski definition) is 3. The quantitative estimate of drug-likeness (QED) is 0.608. The summed E-state index contributed by atoms with van der Waals surface area (Å²) in [6.45, 7) is 1.89. The molecule has 84 valence electrons. The van der Waals surface area contributed by atoms with E-state index in [1.807, 2.05) is 37.3 Å². The van der Waals surface area contributed by atoms with Crippen molar-refractivity contribution < 1.29 is 14.3 Å². The molecule has 3 nitrogen and oxygen atoms in total. The van der Waals surface area contributed by atoms with Gasteiger partial charge in [-0.15, -0.1) is 0 Å². The van der Waals surface area contributed by atoms with Gasteiger partial charge in [0.15, 0.2) is 0 Å². The molecule has 0 amide bonds. The first-order valence-electron chi connectivity index (χ1n) is 4.87. The molecule has 0 saturated carbocycles. The van der Waals surface area contributed by atoms with Gasteiger partial charge in [0.25, 0.3) is 0 Å². The Kier molecular flexibility index (Phi) is 3.03. The number of benzene rings is 1. The van der Waals surface area contributed by atoms with Crippen LogP contribution in [0.25, 0.3) is 0 Å². The predicted octanol–water partition coefficient (Wildman–Crippen LogP) is 0.819. The summed E-state index contributed by atoms with van der Waals surface area (Å²) in [4.78, 5) is 11.2. The molecule has 0 aromatic heterocycles. The molecule has 0 spiro atoms. The number of hydrogen-bond donors (Lipinski definition) is 0. The molecule has 0 bridgehead atoms. The monoisotopic (exact) mass is 284 g/mol. The second kappa shape index (κ2) is 4.32. The average molecular weight is 283 g/mol. The minimum atomic E-state index is -0.611. The van der Waals surface area contributed by atoms with Crippen molar-refractivity contribution in [2.45, 2.75) is 11.4 Å². The fourth-order valence-corrected chi connectivity index (χ4v) is 3.87. The Labute approximate surface area is 101 Å². The Morgan fingerprint density at radius 1 is 1.31 bits per heavy atom. The zero-order chi connectivity index (χ0) is 11.6. The van der Waals surface area contributed by atoms with E-state index in [1.54, 1.807) is 7.11 Å². The zero-order valence-electron chi connectivity index (χ0n) is 9.10. The third kappa shape index (κ3) is 2.13. The van der Waals surface area contributed by atoms with Crippen LogP contribution in [0.4, 0.5) is 0 Å². The SMILES string of the molecule is COC1=CC(=O)OC1(C)[Se]c1ccccc1. The summed E-state index contributed by atoms with van der Waals surface area (Å²) in [5, 5.41) is 0. The van der Waals surface area contributed by atoms with Crippen LogP contribution in [0.5, 0.6) is 0 Å². The molecule has 0 radical (unpaired) electrons. The molecule has 0 fully saturated rings. The summed E-state index contributed by atoms with van der Waals surface area (Å²) < 4.78 is 11.1. The molecule has 1 aliphatic rings. The predicted molar refractivity (Wildman–Crippen MR) is 61.4 cm³/mol. The Balaban J connectivity index is 2.21. The number of esters is 1. The second-order valence-corrected chi connectivity index (χ2v) is 6.55. The molecule has 1 atom stereocenters. The van der Waals surface area contributed by atoms with Crippen molar-refractivity contribution in [3.05, 3.63) is 42.2 Å². The minimum absolute atomic E-state index is 0.00225. The van der Waals surface area contributed by atoms with E-state index in [-0.39, 0.29) is 20.9 Å². The summed E-state index contributed by atoms with van der Waals surface area (Å²) in [7, 11) is 1.56. The number of carbonyl (C=O) groups excluding carboxylic acids is 1. The maximum absolute atomic E-state index is 11.2. The molecule has 1 aromatic rings. The van der Waals surface area contributed by atoms with Crippen LogP contribution >= 0.6 is 0 Å². The van der Waals surface area contributed by atoms with Crippen molar-refractivity contribution >= 4 is 25.4 Å². The van der Waals surface area contributed by atoms with E-state index in [2.05, 4.69) is 0 Å². The third-order valence-corrected chi connectivity index (χ3v) is 4.75. The molecule has 1 aromatic carbocycles. The van der Waals surface area contributed by atoms with Crippen LogP contribution in [0, 0.1) is 0 Å². The van der Waals surface area contributed by atoms with Gasteiger partial charge in [0.05, 0.1) is 0 Å². The van der Waals surface area contributed by atoms with Gasteiger partial charge >= 0.3 is 100 Å². The van der Waals surface area contributed by atoms with Gasteiger partial charge in [-0.05, 0) is 0 Å². The third-order valence-electron chi connectivity index (χ3n) is 2.27. The molecule has 1 heterocycles. The number of carbonyl (C=O) groups is 1. The van der Waals surface area contributed by atoms with Gasteiger partial charge in [-0.1, -0.05) is 0 Å². The van der Waals surface area contributed by atoms with Gasteiger partial charge in [-0.25, -0.2) is 0 Å². The van der Waals surface area contributed by atoms with E-state index in [0.29, 0.717) is 5.76 Å². The van der Waals surface area contributed by atoms with Crippen molar-refractivity contribution in [3.8, 4) is 0 Å². The van der Waals surface area contributed by atoms with Gasteiger partial charge in [0, 0.05) is 0 Å². The van der Waals surface area contributed by atoms with Crippen molar-refractivity contribution in [3.63, 3.8) is 0 Å². The molecular formula is C12H12O3Se. The molecule has 2 rings (SSSR count). The van der Waals surface area contributed by atoms with Crippen LogP contribution in [0.3, 0.4) is 0 Å². The molecule has 4 heteroatoms. The number of ether oxygens (including phenoxy) is 2. The molecule has 0 N–H and O–H groups in total. The summed E-state index contributed by atoms with van der Waals surface area (Å²) in [5.41, 5.74) is 0. The number of methoxy groups -OCH3 is 1. The van der Waals surface area contributed by atoms with E-state index in [0.717, 1.165) is 0 Å². The van der Waals surface area contributed by atoms with E-state index in [4.69, 9.17) is 9.47 Å². The molecule has 0 aliphatic carbocycles. The standard InChI is InChI=1S/C12H12O3Se/c1-12(10(14-2)8-11(13)15-12)16-9-6-4-3-5-7-9/h3-8H,1-2H3. The fourth-order valence-electron chi connectivity index (χ4n) is 1.54. The summed E-state index contributed by atoms with van der Waals surface area (Å²) in [6, 6.07) is 9.99. The zero-order valence-corrected chi connectivity index (χ0v) is 10.8. The Hall–Kier alpha value is -1.25. The van der Waals surface area contributed by atoms with Crippen molar-refractivity contribution in [1.29, 1.82) is 0 Å². The second-order valence-electron chi connectivity index (χ2n) is 3.49. The first kappa shape index (κ1) is 11.2. The summed E-state index contributed by atoms with van der Waals surface area (Å²) >= 11 is 0.00225. The van der Waals surface area contributed by atoms with Gasteiger partial charge in [0.2, 0.25) is 0 Å². The van der Waals surface area contributed by atoms with Crippen molar-refractivity contribution in [2.24, 2.45) is 0 Å². The van der Waals surface area contributed by atoms with Crippen LogP contribution in [0.1, 0.15) is 6.92 Å².